The molecule has 0 saturated carbocycles. The molecule has 254 valence electrons. The van der Waals surface area contributed by atoms with Crippen molar-refractivity contribution in [2.45, 2.75) is 95.6 Å². The van der Waals surface area contributed by atoms with Gasteiger partial charge in [-0.2, -0.15) is 39.5 Å². The van der Waals surface area contributed by atoms with Gasteiger partial charge < -0.3 is 14.8 Å². The largest absolute Gasteiger partial charge is 0.493 e. The number of ether oxygens (including phenoxy) is 2. The van der Waals surface area contributed by atoms with E-state index in [9.17, 15) is 49.1 Å². The van der Waals surface area contributed by atoms with Crippen LogP contribution in [0.4, 0.5) is 44.3 Å². The highest BCUT2D eigenvalue weighted by atomic mass is 19.4. The summed E-state index contributed by atoms with van der Waals surface area (Å²) < 4.78 is 134. The second kappa shape index (κ2) is 12.6. The molecule has 0 aliphatic carbocycles. The Labute approximate surface area is 259 Å². The van der Waals surface area contributed by atoms with Crippen molar-refractivity contribution >= 4 is 11.9 Å². The quantitative estimate of drug-likeness (QED) is 0.149. The number of imide groups is 1. The lowest BCUT2D eigenvalue weighted by molar-refractivity contribution is -0.385. The summed E-state index contributed by atoms with van der Waals surface area (Å²) in [7, 11) is 0. The molecule has 0 aromatic heterocycles. The molecule has 15 heteroatoms. The predicted molar refractivity (Wildman–Crippen MR) is 147 cm³/mol. The summed E-state index contributed by atoms with van der Waals surface area (Å²) in [5.74, 6) is -0.457. The van der Waals surface area contributed by atoms with Crippen molar-refractivity contribution < 1.29 is 58.6 Å². The zero-order valence-corrected chi connectivity index (χ0v) is 25.2. The second-order valence-electron chi connectivity index (χ2n) is 11.5. The Bertz CT molecular complexity index is 1440. The van der Waals surface area contributed by atoms with Crippen LogP contribution in [0.5, 0.6) is 5.75 Å². The van der Waals surface area contributed by atoms with Gasteiger partial charge in [-0.3, -0.25) is 9.69 Å². The number of fused-ring (bicyclic) bond motifs is 1. The molecule has 4 rings (SSSR count). The Morgan fingerprint density at radius 2 is 1.52 bits per heavy atom. The molecule has 2 aromatic carbocycles. The van der Waals surface area contributed by atoms with E-state index in [1.165, 1.54) is 6.92 Å². The normalized spacial score (nSPS) is 19.9. The SMILES string of the molecule is CCCc1cc2c(c(CCC)c1OCCCCN1C(=O)NC(C)(c3ccc(C(F)(F)F)cc3)C1=O)COC2(C(F)(F)F)C(F)(F)F. The molecule has 2 aromatic rings. The van der Waals surface area contributed by atoms with Gasteiger partial charge in [-0.15, -0.1) is 0 Å². The number of carbonyl (C=O) groups is 2. The third kappa shape index (κ3) is 6.14. The van der Waals surface area contributed by atoms with Gasteiger partial charge in [0, 0.05) is 17.7 Å². The second-order valence-corrected chi connectivity index (χ2v) is 11.5. The molecular formula is C31H33F9N2O4. The van der Waals surface area contributed by atoms with Gasteiger partial charge in [-0.1, -0.05) is 38.8 Å². The number of nitrogens with one attached hydrogen (secondary N) is 1. The maximum Gasteiger partial charge on any atom is 0.430 e. The number of benzene rings is 2. The van der Waals surface area contributed by atoms with Gasteiger partial charge in [0.1, 0.15) is 11.3 Å². The molecule has 1 fully saturated rings. The third-order valence-corrected chi connectivity index (χ3v) is 8.29. The summed E-state index contributed by atoms with van der Waals surface area (Å²) in [6, 6.07) is 4.02. The molecule has 1 N–H and O–H groups in total. The smallest absolute Gasteiger partial charge is 0.430 e. The van der Waals surface area contributed by atoms with Gasteiger partial charge in [0.2, 0.25) is 0 Å². The zero-order chi connectivity index (χ0) is 34.3. The third-order valence-electron chi connectivity index (χ3n) is 8.29. The lowest BCUT2D eigenvalue weighted by atomic mass is 9.84. The van der Waals surface area contributed by atoms with Crippen molar-refractivity contribution in [2.24, 2.45) is 0 Å². The molecule has 1 atom stereocenters. The number of hydrogen-bond acceptors (Lipinski definition) is 4. The van der Waals surface area contributed by atoms with Crippen molar-refractivity contribution in [1.82, 2.24) is 10.2 Å². The van der Waals surface area contributed by atoms with E-state index < -0.39 is 59.3 Å². The van der Waals surface area contributed by atoms with Crippen molar-refractivity contribution in [3.05, 3.63) is 63.7 Å². The maximum absolute atomic E-state index is 14.0. The van der Waals surface area contributed by atoms with Crippen molar-refractivity contribution in [1.29, 1.82) is 0 Å². The molecule has 2 heterocycles. The Morgan fingerprint density at radius 1 is 0.913 bits per heavy atom. The first-order valence-electron chi connectivity index (χ1n) is 14.7. The fourth-order valence-electron chi connectivity index (χ4n) is 5.97. The monoisotopic (exact) mass is 668 g/mol. The molecule has 2 aliphatic rings. The van der Waals surface area contributed by atoms with Crippen LogP contribution in [-0.2, 0) is 46.3 Å². The number of rotatable bonds is 11. The van der Waals surface area contributed by atoms with Gasteiger partial charge in [0.05, 0.1) is 18.8 Å². The van der Waals surface area contributed by atoms with E-state index in [-0.39, 0.29) is 66.8 Å². The molecule has 46 heavy (non-hydrogen) atoms. The summed E-state index contributed by atoms with van der Waals surface area (Å²) >= 11 is 0. The molecular weight excluding hydrogens is 635 g/mol. The van der Waals surface area contributed by atoms with E-state index >= 15 is 0 Å². The number of halogens is 9. The highest BCUT2D eigenvalue weighted by Crippen LogP contribution is 2.58. The topological polar surface area (TPSA) is 67.9 Å². The Morgan fingerprint density at radius 3 is 2.07 bits per heavy atom. The van der Waals surface area contributed by atoms with Gasteiger partial charge in [-0.05, 0) is 67.5 Å². The van der Waals surface area contributed by atoms with Crippen LogP contribution < -0.4 is 10.1 Å². The number of aryl methyl sites for hydroxylation is 1. The van der Waals surface area contributed by atoms with Crippen molar-refractivity contribution in [2.75, 3.05) is 13.2 Å². The minimum Gasteiger partial charge on any atom is -0.493 e. The van der Waals surface area contributed by atoms with Gasteiger partial charge in [0.25, 0.3) is 11.5 Å². The van der Waals surface area contributed by atoms with Gasteiger partial charge in [-0.25, -0.2) is 4.79 Å². The molecule has 1 unspecified atom stereocenters. The van der Waals surface area contributed by atoms with Crippen molar-refractivity contribution in [3.63, 3.8) is 0 Å². The summed E-state index contributed by atoms with van der Waals surface area (Å²) in [6.07, 6.45) is -14.5. The van der Waals surface area contributed by atoms with E-state index in [2.05, 4.69) is 10.1 Å². The lowest BCUT2D eigenvalue weighted by Gasteiger charge is -2.34. The van der Waals surface area contributed by atoms with Crippen LogP contribution in [0, 0.1) is 0 Å². The predicted octanol–water partition coefficient (Wildman–Crippen LogP) is 8.09. The van der Waals surface area contributed by atoms with E-state index in [4.69, 9.17) is 4.74 Å². The molecule has 0 radical (unpaired) electrons. The van der Waals surface area contributed by atoms with Gasteiger partial charge in [0.15, 0.2) is 0 Å². The van der Waals surface area contributed by atoms with Crippen LogP contribution in [0.3, 0.4) is 0 Å². The molecule has 3 amide bonds. The first kappa shape index (κ1) is 35.4. The molecule has 6 nitrogen and oxygen atoms in total. The summed E-state index contributed by atoms with van der Waals surface area (Å²) in [6.45, 7) is 3.87. The minimum absolute atomic E-state index is 0.0173. The molecule has 0 spiro atoms. The number of urea groups is 1. The average Bonchev–Trinajstić information content (AvgIpc) is 3.45. The first-order chi connectivity index (χ1) is 21.3. The minimum atomic E-state index is -5.76. The molecule has 1 saturated heterocycles. The van der Waals surface area contributed by atoms with Gasteiger partial charge >= 0.3 is 24.6 Å². The fourth-order valence-corrected chi connectivity index (χ4v) is 5.97. The standard InChI is InChI=1S/C31H33F9N2O4/c1-4-8-18-16-23-22(17-46-28(23,30(35,36)37)31(38,39)40)21(9-5-2)24(18)45-15-7-6-14-42-25(43)27(3,41-26(42)44)19-10-12-20(13-11-19)29(32,33)34/h10-13,16H,4-9,14-15,17H2,1-3H3,(H,41,44). The Balaban J connectivity index is 1.49. The average molecular weight is 669 g/mol. The number of unbranched alkanes of at least 4 members (excludes halogenated alkanes) is 1. The van der Waals surface area contributed by atoms with Crippen LogP contribution in [-0.4, -0.2) is 42.3 Å². The van der Waals surface area contributed by atoms with Crippen LogP contribution in [0.2, 0.25) is 0 Å². The fraction of sp³-hybridized carbons (Fsp3) is 0.548. The summed E-state index contributed by atoms with van der Waals surface area (Å²) in [5.41, 5.74) is -7.54. The first-order valence-corrected chi connectivity index (χ1v) is 14.7. The van der Waals surface area contributed by atoms with Crippen LogP contribution >= 0.6 is 0 Å². The number of amides is 3. The maximum atomic E-state index is 14.0. The van der Waals surface area contributed by atoms with E-state index in [1.807, 2.05) is 0 Å². The number of alkyl halides is 9. The summed E-state index contributed by atoms with van der Waals surface area (Å²) in [5, 5.41) is 2.52. The Hall–Kier alpha value is -3.49. The summed E-state index contributed by atoms with van der Waals surface area (Å²) in [4.78, 5) is 26.7. The lowest BCUT2D eigenvalue weighted by Crippen LogP contribution is -2.53. The Kier molecular flexibility index (Phi) is 9.69. The zero-order valence-electron chi connectivity index (χ0n) is 25.2. The van der Waals surface area contributed by atoms with Crippen LogP contribution in [0.25, 0.3) is 0 Å². The van der Waals surface area contributed by atoms with Crippen LogP contribution in [0.15, 0.2) is 30.3 Å². The van der Waals surface area contributed by atoms with Crippen molar-refractivity contribution in [3.8, 4) is 5.75 Å². The highest BCUT2D eigenvalue weighted by molar-refractivity contribution is 6.07. The molecule has 0 bridgehead atoms. The van der Waals surface area contributed by atoms with E-state index in [0.29, 0.717) is 12.8 Å². The van der Waals surface area contributed by atoms with E-state index in [0.717, 1.165) is 35.2 Å². The van der Waals surface area contributed by atoms with Crippen LogP contribution in [0.1, 0.15) is 79.8 Å². The highest BCUT2D eigenvalue weighted by Gasteiger charge is 2.76. The number of nitrogens with zero attached hydrogens (tertiary/aromatic N) is 1. The number of carbonyl (C=O) groups excluding carboxylic acids is 2. The molecule has 2 aliphatic heterocycles. The van der Waals surface area contributed by atoms with E-state index in [1.54, 1.807) is 13.8 Å². The number of hydrogen-bond donors (Lipinski definition) is 1.